The molecule has 0 spiro atoms. The van der Waals surface area contributed by atoms with Crippen LogP contribution in [0.25, 0.3) is 6.08 Å². The van der Waals surface area contributed by atoms with Gasteiger partial charge in [0.2, 0.25) is 5.91 Å². The largest absolute Gasteiger partial charge is 0.504 e. The number of anilines is 2. The summed E-state index contributed by atoms with van der Waals surface area (Å²) in [6.07, 6.45) is 3.75. The van der Waals surface area contributed by atoms with Crippen LogP contribution in [0, 0.1) is 0 Å². The number of aromatic hydroxyl groups is 2. The first-order chi connectivity index (χ1) is 11.9. The Morgan fingerprint density at radius 2 is 1.92 bits per heavy atom. The Morgan fingerprint density at radius 3 is 2.68 bits per heavy atom. The van der Waals surface area contributed by atoms with Crippen molar-refractivity contribution in [2.45, 2.75) is 19.4 Å². The lowest BCUT2D eigenvalue weighted by Crippen LogP contribution is -2.37. The van der Waals surface area contributed by atoms with Crippen LogP contribution in [0.1, 0.15) is 29.7 Å². The fourth-order valence-corrected chi connectivity index (χ4v) is 3.14. The van der Waals surface area contributed by atoms with Gasteiger partial charge in [0.25, 0.3) is 0 Å². The molecule has 0 aliphatic carbocycles. The van der Waals surface area contributed by atoms with E-state index in [2.05, 4.69) is 0 Å². The number of nitrogen functional groups attached to an aromatic ring is 2. The van der Waals surface area contributed by atoms with Gasteiger partial charge in [0.1, 0.15) is 0 Å². The zero-order valence-corrected chi connectivity index (χ0v) is 13.9. The van der Waals surface area contributed by atoms with Crippen molar-refractivity contribution in [3.63, 3.8) is 0 Å². The van der Waals surface area contributed by atoms with E-state index in [0.717, 1.165) is 11.1 Å². The molecule has 2 aromatic carbocycles. The number of hydrogen-bond acceptors (Lipinski definition) is 5. The maximum Gasteiger partial charge on any atom is 0.247 e. The molecule has 1 amide bonds. The van der Waals surface area contributed by atoms with E-state index in [1.807, 2.05) is 6.92 Å². The van der Waals surface area contributed by atoms with Gasteiger partial charge < -0.3 is 26.6 Å². The van der Waals surface area contributed by atoms with Gasteiger partial charge >= 0.3 is 0 Å². The van der Waals surface area contributed by atoms with E-state index >= 15 is 0 Å². The number of carbonyl (C=O) groups excluding carboxylic acids is 1. The first kappa shape index (κ1) is 16.7. The Kier molecular flexibility index (Phi) is 4.27. The average molecular weight is 339 g/mol. The van der Waals surface area contributed by atoms with Crippen LogP contribution < -0.4 is 11.5 Å². The molecular weight excluding hydrogens is 318 g/mol. The maximum absolute atomic E-state index is 12.6. The minimum Gasteiger partial charge on any atom is -0.504 e. The number of amides is 1. The van der Waals surface area contributed by atoms with Gasteiger partial charge in [-0.2, -0.15) is 0 Å². The molecule has 6 N–H and O–H groups in total. The van der Waals surface area contributed by atoms with E-state index in [1.54, 1.807) is 35.2 Å². The lowest BCUT2D eigenvalue weighted by atomic mass is 9.92. The molecule has 6 nitrogen and oxygen atoms in total. The van der Waals surface area contributed by atoms with Gasteiger partial charge in [-0.3, -0.25) is 4.79 Å². The van der Waals surface area contributed by atoms with E-state index in [1.165, 1.54) is 12.1 Å². The molecule has 0 saturated carbocycles. The Hall–Kier alpha value is -3.15. The van der Waals surface area contributed by atoms with Gasteiger partial charge in [0.15, 0.2) is 11.5 Å². The summed E-state index contributed by atoms with van der Waals surface area (Å²) in [5, 5.41) is 19.4. The monoisotopic (exact) mass is 339 g/mol. The second-order valence-electron chi connectivity index (χ2n) is 6.22. The summed E-state index contributed by atoms with van der Waals surface area (Å²) in [5.41, 5.74) is 15.2. The molecule has 2 aromatic rings. The predicted octanol–water partition coefficient (Wildman–Crippen LogP) is 2.42. The molecule has 1 unspecified atom stereocenters. The summed E-state index contributed by atoms with van der Waals surface area (Å²) in [5.74, 6) is -0.460. The first-order valence-corrected chi connectivity index (χ1v) is 8.05. The molecule has 1 aliphatic rings. The summed E-state index contributed by atoms with van der Waals surface area (Å²) in [6.45, 7) is 2.43. The van der Waals surface area contributed by atoms with E-state index in [0.29, 0.717) is 29.9 Å². The zero-order valence-electron chi connectivity index (χ0n) is 13.9. The molecule has 6 heteroatoms. The van der Waals surface area contributed by atoms with Gasteiger partial charge in [-0.1, -0.05) is 0 Å². The van der Waals surface area contributed by atoms with Gasteiger partial charge in [-0.05, 0) is 66.4 Å². The second-order valence-corrected chi connectivity index (χ2v) is 6.22. The zero-order chi connectivity index (χ0) is 18.1. The van der Waals surface area contributed by atoms with Crippen molar-refractivity contribution < 1.29 is 15.0 Å². The highest BCUT2D eigenvalue weighted by Gasteiger charge is 2.27. The number of rotatable bonds is 2. The number of carbonyl (C=O) groups is 1. The highest BCUT2D eigenvalue weighted by molar-refractivity contribution is 5.93. The second kappa shape index (κ2) is 6.39. The molecule has 3 rings (SSSR count). The van der Waals surface area contributed by atoms with Gasteiger partial charge in [0.05, 0.1) is 6.04 Å². The summed E-state index contributed by atoms with van der Waals surface area (Å²) in [6, 6.07) is 8.01. The minimum atomic E-state index is -0.203. The Balaban J connectivity index is 1.82. The van der Waals surface area contributed by atoms with Crippen LogP contribution in [0.15, 0.2) is 36.4 Å². The quantitative estimate of drug-likeness (QED) is 0.381. The molecule has 0 saturated heterocycles. The number of phenolic OH excluding ortho intramolecular Hbond substituents is 2. The maximum atomic E-state index is 12.6. The van der Waals surface area contributed by atoms with Crippen LogP contribution in [-0.2, 0) is 11.2 Å². The molecule has 1 aliphatic heterocycles. The Morgan fingerprint density at radius 1 is 1.20 bits per heavy atom. The molecule has 0 aromatic heterocycles. The number of benzene rings is 2. The van der Waals surface area contributed by atoms with Crippen LogP contribution >= 0.6 is 0 Å². The van der Waals surface area contributed by atoms with Crippen LogP contribution in [0.3, 0.4) is 0 Å². The van der Waals surface area contributed by atoms with E-state index in [9.17, 15) is 15.0 Å². The van der Waals surface area contributed by atoms with E-state index < -0.39 is 0 Å². The summed E-state index contributed by atoms with van der Waals surface area (Å²) in [7, 11) is 0. The number of nitrogens with two attached hydrogens (primary N) is 2. The fraction of sp³-hybridized carbons (Fsp3) is 0.211. The lowest BCUT2D eigenvalue weighted by molar-refractivity contribution is -0.128. The van der Waals surface area contributed by atoms with Crippen molar-refractivity contribution in [1.82, 2.24) is 4.90 Å². The van der Waals surface area contributed by atoms with Gasteiger partial charge in [-0.15, -0.1) is 0 Å². The SMILES string of the molecule is CC1c2cc(O)c(O)cc2CCN1C(=O)C=Cc1cc(N)ccc1N. The number of phenols is 2. The fourth-order valence-electron chi connectivity index (χ4n) is 3.14. The summed E-state index contributed by atoms with van der Waals surface area (Å²) < 4.78 is 0. The van der Waals surface area contributed by atoms with Crippen LogP contribution in [0.5, 0.6) is 11.5 Å². The van der Waals surface area contributed by atoms with Crippen molar-refractivity contribution in [3.8, 4) is 11.5 Å². The number of nitrogens with zero attached hydrogens (tertiary/aromatic N) is 1. The molecule has 0 fully saturated rings. The highest BCUT2D eigenvalue weighted by atomic mass is 16.3. The van der Waals surface area contributed by atoms with Crippen molar-refractivity contribution in [2.24, 2.45) is 0 Å². The van der Waals surface area contributed by atoms with E-state index in [-0.39, 0.29) is 23.4 Å². The predicted molar refractivity (Wildman–Crippen MR) is 97.9 cm³/mol. The molecule has 25 heavy (non-hydrogen) atoms. The molecule has 1 heterocycles. The highest BCUT2D eigenvalue weighted by Crippen LogP contribution is 2.36. The molecular formula is C19H21N3O3. The normalized spacial score (nSPS) is 16.8. The smallest absolute Gasteiger partial charge is 0.247 e. The van der Waals surface area contributed by atoms with Crippen LogP contribution in [-0.4, -0.2) is 27.6 Å². The van der Waals surface area contributed by atoms with Crippen LogP contribution in [0.4, 0.5) is 11.4 Å². The average Bonchev–Trinajstić information content (AvgIpc) is 2.57. The summed E-state index contributed by atoms with van der Waals surface area (Å²) >= 11 is 0. The molecule has 0 radical (unpaired) electrons. The molecule has 1 atom stereocenters. The van der Waals surface area contributed by atoms with Gasteiger partial charge in [0, 0.05) is 24.0 Å². The molecule has 0 bridgehead atoms. The van der Waals surface area contributed by atoms with Crippen molar-refractivity contribution in [1.29, 1.82) is 0 Å². The third kappa shape index (κ3) is 3.24. The van der Waals surface area contributed by atoms with Crippen molar-refractivity contribution >= 4 is 23.4 Å². The standard InChI is InChI=1S/C19H21N3O3/c1-11-15-10-18(24)17(23)9-12(15)6-7-22(11)19(25)5-2-13-8-14(20)3-4-16(13)21/h2-5,8-11,23-24H,6-7,20-21H2,1H3. The van der Waals surface area contributed by atoms with Crippen LogP contribution in [0.2, 0.25) is 0 Å². The Labute approximate surface area is 146 Å². The minimum absolute atomic E-state index is 0.136. The van der Waals surface area contributed by atoms with E-state index in [4.69, 9.17) is 11.5 Å². The van der Waals surface area contributed by atoms with Gasteiger partial charge in [-0.25, -0.2) is 0 Å². The third-order valence-electron chi connectivity index (χ3n) is 4.58. The van der Waals surface area contributed by atoms with Crippen molar-refractivity contribution in [2.75, 3.05) is 18.0 Å². The Bertz CT molecular complexity index is 861. The molecule has 130 valence electrons. The number of fused-ring (bicyclic) bond motifs is 1. The van der Waals surface area contributed by atoms with Crippen molar-refractivity contribution in [3.05, 3.63) is 53.1 Å². The number of hydrogen-bond donors (Lipinski definition) is 4. The topological polar surface area (TPSA) is 113 Å². The third-order valence-corrected chi connectivity index (χ3v) is 4.58. The lowest BCUT2D eigenvalue weighted by Gasteiger charge is -2.34. The first-order valence-electron chi connectivity index (χ1n) is 8.05. The summed E-state index contributed by atoms with van der Waals surface area (Å²) in [4.78, 5) is 14.3.